The van der Waals surface area contributed by atoms with Crippen LogP contribution in [-0.2, 0) is 6.54 Å². The second-order valence-corrected chi connectivity index (χ2v) is 14.0. The Labute approximate surface area is 142 Å². The highest BCUT2D eigenvalue weighted by atomic mass is 32.2. The van der Waals surface area contributed by atoms with Gasteiger partial charge in [0, 0.05) is 16.8 Å². The average molecular weight is 352 g/mol. The van der Waals surface area contributed by atoms with Crippen LogP contribution in [0.1, 0.15) is 5.56 Å². The first-order valence-electron chi connectivity index (χ1n) is 7.05. The number of thioether (sulfide) groups is 3. The molecule has 0 aromatic heterocycles. The van der Waals surface area contributed by atoms with Crippen molar-refractivity contribution in [1.29, 1.82) is 0 Å². The Balaban J connectivity index is 1.74. The zero-order valence-electron chi connectivity index (χ0n) is 12.8. The van der Waals surface area contributed by atoms with E-state index >= 15 is 0 Å². The summed E-state index contributed by atoms with van der Waals surface area (Å²) < 4.78 is 1.24. The second-order valence-electron chi connectivity index (χ2n) is 5.91. The molecule has 1 aliphatic rings. The zero-order chi connectivity index (χ0) is 15.1. The Hall–Kier alpha value is -0.283. The molecule has 1 heterocycles. The van der Waals surface area contributed by atoms with Crippen LogP contribution in [0.15, 0.2) is 35.3 Å². The predicted octanol–water partition coefficient (Wildman–Crippen LogP) is 4.96. The lowest BCUT2D eigenvalue weighted by Gasteiger charge is -2.04. The van der Waals surface area contributed by atoms with Gasteiger partial charge in [-0.25, -0.2) is 0 Å². The van der Waals surface area contributed by atoms with Crippen LogP contribution in [0.25, 0.3) is 0 Å². The fourth-order valence-electron chi connectivity index (χ4n) is 1.60. The van der Waals surface area contributed by atoms with Crippen molar-refractivity contribution >= 4 is 47.7 Å². The molecular formula is C16H21NS3Si. The highest BCUT2D eigenvalue weighted by molar-refractivity contribution is 8.42. The molecule has 1 saturated heterocycles. The summed E-state index contributed by atoms with van der Waals surface area (Å²) in [6.45, 7) is 7.66. The summed E-state index contributed by atoms with van der Waals surface area (Å²) in [4.78, 5) is 4.72. The fraction of sp³-hybridized carbons (Fsp3) is 0.438. The summed E-state index contributed by atoms with van der Waals surface area (Å²) in [5.74, 6) is 2.28. The molecule has 2 rings (SSSR count). The third-order valence-corrected chi connectivity index (χ3v) is 7.54. The maximum Gasteiger partial charge on any atom is 0.130 e. The first kappa shape index (κ1) is 17.1. The molecule has 0 saturated carbocycles. The maximum absolute atomic E-state index is 4.72. The summed E-state index contributed by atoms with van der Waals surface area (Å²) in [7, 11) is -1.22. The van der Waals surface area contributed by atoms with E-state index in [4.69, 9.17) is 4.99 Å². The van der Waals surface area contributed by atoms with Gasteiger partial charge in [-0.2, -0.15) is 0 Å². The minimum Gasteiger partial charge on any atom is -0.267 e. The normalized spacial score (nSPS) is 20.3. The van der Waals surface area contributed by atoms with Gasteiger partial charge in [-0.3, -0.25) is 4.99 Å². The van der Waals surface area contributed by atoms with Crippen LogP contribution < -0.4 is 0 Å². The van der Waals surface area contributed by atoms with Crippen molar-refractivity contribution in [3.05, 3.63) is 35.9 Å². The average Bonchev–Trinajstić information content (AvgIpc) is 2.89. The topological polar surface area (TPSA) is 12.4 Å². The molecule has 1 nitrogen and oxygen atoms in total. The van der Waals surface area contributed by atoms with Crippen LogP contribution in [0, 0.1) is 10.8 Å². The predicted molar refractivity (Wildman–Crippen MR) is 105 cm³/mol. The third-order valence-electron chi connectivity index (χ3n) is 2.66. The summed E-state index contributed by atoms with van der Waals surface area (Å²) >= 11 is 5.60. The van der Waals surface area contributed by atoms with Gasteiger partial charge in [0.1, 0.15) is 12.4 Å². The molecular weight excluding hydrogens is 330 g/mol. The molecule has 1 aromatic rings. The number of rotatable bonds is 4. The monoisotopic (exact) mass is 351 g/mol. The van der Waals surface area contributed by atoms with Gasteiger partial charge >= 0.3 is 0 Å². The van der Waals surface area contributed by atoms with Crippen molar-refractivity contribution in [2.24, 2.45) is 4.99 Å². The highest BCUT2D eigenvalue weighted by Gasteiger charge is 2.22. The molecule has 0 amide bonds. The zero-order valence-corrected chi connectivity index (χ0v) is 16.2. The van der Waals surface area contributed by atoms with Crippen molar-refractivity contribution < 1.29 is 0 Å². The molecule has 21 heavy (non-hydrogen) atoms. The van der Waals surface area contributed by atoms with Crippen LogP contribution in [-0.4, -0.2) is 29.2 Å². The van der Waals surface area contributed by atoms with Crippen molar-refractivity contribution in [2.45, 2.75) is 31.4 Å². The van der Waals surface area contributed by atoms with Gasteiger partial charge in [0.25, 0.3) is 0 Å². The molecule has 5 heteroatoms. The number of aliphatic imine (C=N–C) groups is 1. The Morgan fingerprint density at radius 1 is 1.29 bits per heavy atom. The van der Waals surface area contributed by atoms with Crippen molar-refractivity contribution in [2.75, 3.05) is 11.5 Å². The lowest BCUT2D eigenvalue weighted by Crippen LogP contribution is -2.16. The van der Waals surface area contributed by atoms with E-state index in [0.717, 1.165) is 12.3 Å². The Morgan fingerprint density at radius 3 is 2.76 bits per heavy atom. The molecule has 1 atom stereocenters. The molecule has 0 radical (unpaired) electrons. The van der Waals surface area contributed by atoms with Crippen LogP contribution in [0.4, 0.5) is 0 Å². The SMILES string of the molecule is C[Si](C)(C)C#CSCC1CSC(=NCc2ccccc2)S1. The van der Waals surface area contributed by atoms with Crippen LogP contribution in [0.3, 0.4) is 0 Å². The lowest BCUT2D eigenvalue weighted by atomic mass is 10.2. The van der Waals surface area contributed by atoms with E-state index < -0.39 is 8.07 Å². The highest BCUT2D eigenvalue weighted by Crippen LogP contribution is 2.35. The van der Waals surface area contributed by atoms with E-state index in [0.29, 0.717) is 5.25 Å². The largest absolute Gasteiger partial charge is 0.267 e. The number of hydrogen-bond acceptors (Lipinski definition) is 4. The standard InChI is InChI=1S/C16H21NS3Si/c1-21(2,3)10-9-18-12-15-13-19-16(20-15)17-11-14-7-5-4-6-8-14/h4-8,15H,11-13H2,1-3H3. The van der Waals surface area contributed by atoms with E-state index in [-0.39, 0.29) is 0 Å². The van der Waals surface area contributed by atoms with Gasteiger partial charge in [-0.15, -0.1) is 5.54 Å². The molecule has 1 aromatic carbocycles. The van der Waals surface area contributed by atoms with Crippen molar-refractivity contribution in [3.8, 4) is 10.8 Å². The second kappa shape index (κ2) is 8.38. The number of nitrogens with zero attached hydrogens (tertiary/aromatic N) is 1. The summed E-state index contributed by atoms with van der Waals surface area (Å²) in [5, 5.41) is 3.95. The molecule has 0 aliphatic carbocycles. The Morgan fingerprint density at radius 2 is 2.05 bits per heavy atom. The smallest absolute Gasteiger partial charge is 0.130 e. The van der Waals surface area contributed by atoms with Crippen LogP contribution in [0.2, 0.25) is 19.6 Å². The van der Waals surface area contributed by atoms with Crippen LogP contribution >= 0.6 is 35.3 Å². The lowest BCUT2D eigenvalue weighted by molar-refractivity contribution is 1.08. The molecule has 0 N–H and O–H groups in total. The van der Waals surface area contributed by atoms with Gasteiger partial charge < -0.3 is 0 Å². The number of hydrogen-bond donors (Lipinski definition) is 0. The van der Waals surface area contributed by atoms with E-state index in [2.05, 4.69) is 54.7 Å². The molecule has 1 unspecified atom stereocenters. The van der Waals surface area contributed by atoms with E-state index in [9.17, 15) is 0 Å². The summed E-state index contributed by atoms with van der Waals surface area (Å²) in [5.41, 5.74) is 4.69. The molecule has 0 bridgehead atoms. The van der Waals surface area contributed by atoms with Crippen molar-refractivity contribution in [1.82, 2.24) is 0 Å². The van der Waals surface area contributed by atoms with E-state index in [1.807, 2.05) is 29.6 Å². The molecule has 1 aliphatic heterocycles. The Bertz CT molecular complexity index is 540. The van der Waals surface area contributed by atoms with Gasteiger partial charge in [0.2, 0.25) is 0 Å². The van der Waals surface area contributed by atoms with Gasteiger partial charge in [0.15, 0.2) is 0 Å². The Kier molecular flexibility index (Phi) is 6.81. The molecule has 1 fully saturated rings. The van der Waals surface area contributed by atoms with E-state index in [1.165, 1.54) is 15.7 Å². The molecule has 0 spiro atoms. The first-order valence-corrected chi connectivity index (χ1v) is 13.4. The number of benzene rings is 1. The fourth-order valence-corrected chi connectivity index (χ4v) is 6.52. The summed E-state index contributed by atoms with van der Waals surface area (Å²) in [6.07, 6.45) is 0. The quantitative estimate of drug-likeness (QED) is 0.562. The minimum absolute atomic E-state index is 0.658. The van der Waals surface area contributed by atoms with Crippen molar-refractivity contribution in [3.63, 3.8) is 0 Å². The first-order chi connectivity index (χ1) is 10.0. The van der Waals surface area contributed by atoms with Gasteiger partial charge in [-0.05, 0) is 10.8 Å². The molecule has 112 valence electrons. The minimum atomic E-state index is -1.22. The van der Waals surface area contributed by atoms with Gasteiger partial charge in [-0.1, -0.05) is 85.3 Å². The van der Waals surface area contributed by atoms with Gasteiger partial charge in [0.05, 0.1) is 6.54 Å². The maximum atomic E-state index is 4.72. The van der Waals surface area contributed by atoms with E-state index in [1.54, 1.807) is 11.8 Å². The summed E-state index contributed by atoms with van der Waals surface area (Å²) in [6, 6.07) is 10.5. The third kappa shape index (κ3) is 7.01. The van der Waals surface area contributed by atoms with Crippen LogP contribution in [0.5, 0.6) is 0 Å².